The van der Waals surface area contributed by atoms with Gasteiger partial charge >= 0.3 is 0 Å². The lowest BCUT2D eigenvalue weighted by molar-refractivity contribution is -0.118. The van der Waals surface area contributed by atoms with Gasteiger partial charge in [-0.2, -0.15) is 0 Å². The molecule has 0 unspecified atom stereocenters. The van der Waals surface area contributed by atoms with Gasteiger partial charge in [-0.25, -0.2) is 0 Å². The highest BCUT2D eigenvalue weighted by Gasteiger charge is 2.04. The molecule has 0 aromatic rings. The molecular weight excluding hydrogens is 164 g/mol. The summed E-state index contributed by atoms with van der Waals surface area (Å²) in [5.41, 5.74) is 5.06. The van der Waals surface area contributed by atoms with Crippen LogP contribution in [0, 0.1) is 5.92 Å². The number of hydrogen-bond donors (Lipinski definition) is 2. The van der Waals surface area contributed by atoms with Crippen molar-refractivity contribution in [3.63, 3.8) is 0 Å². The van der Waals surface area contributed by atoms with Crippen molar-refractivity contribution in [1.29, 1.82) is 0 Å². The fourth-order valence-electron chi connectivity index (χ4n) is 1.15. The van der Waals surface area contributed by atoms with Gasteiger partial charge in [0, 0.05) is 12.5 Å². The smallest absolute Gasteiger partial charge is 0.217 e. The van der Waals surface area contributed by atoms with Crippen molar-refractivity contribution < 1.29 is 4.79 Å². The summed E-state index contributed by atoms with van der Waals surface area (Å²) in [6, 6.07) is 0.545. The lowest BCUT2D eigenvalue weighted by Crippen LogP contribution is -2.25. The molecule has 78 valence electrons. The molecule has 1 atom stereocenters. The highest BCUT2D eigenvalue weighted by molar-refractivity contribution is 5.73. The van der Waals surface area contributed by atoms with Crippen LogP contribution in [0.25, 0.3) is 0 Å². The topological polar surface area (TPSA) is 55.1 Å². The fourth-order valence-corrected chi connectivity index (χ4v) is 1.15. The van der Waals surface area contributed by atoms with Crippen molar-refractivity contribution in [3.8, 4) is 0 Å². The van der Waals surface area contributed by atoms with Crippen molar-refractivity contribution in [1.82, 2.24) is 5.32 Å². The quantitative estimate of drug-likeness (QED) is 0.629. The van der Waals surface area contributed by atoms with Crippen LogP contribution in [0.15, 0.2) is 0 Å². The van der Waals surface area contributed by atoms with Crippen LogP contribution in [-0.4, -0.2) is 18.5 Å². The Labute approximate surface area is 81.1 Å². The number of rotatable bonds is 7. The zero-order valence-electron chi connectivity index (χ0n) is 8.97. The Balaban J connectivity index is 3.30. The van der Waals surface area contributed by atoms with Crippen molar-refractivity contribution in [2.45, 2.75) is 46.1 Å². The van der Waals surface area contributed by atoms with Gasteiger partial charge < -0.3 is 11.1 Å². The molecule has 0 bridgehead atoms. The minimum Gasteiger partial charge on any atom is -0.370 e. The predicted octanol–water partition coefficient (Wildman–Crippen LogP) is 1.28. The molecule has 0 aliphatic rings. The molecule has 0 aromatic carbocycles. The Morgan fingerprint density at radius 3 is 2.38 bits per heavy atom. The van der Waals surface area contributed by atoms with Crippen LogP contribution in [0.5, 0.6) is 0 Å². The predicted molar refractivity (Wildman–Crippen MR) is 55.3 cm³/mol. The summed E-state index contributed by atoms with van der Waals surface area (Å²) in [4.78, 5) is 10.5. The number of carbonyl (C=O) groups excluding carboxylic acids is 1. The maximum atomic E-state index is 10.5. The van der Waals surface area contributed by atoms with E-state index in [1.54, 1.807) is 0 Å². The highest BCUT2D eigenvalue weighted by atomic mass is 16.1. The van der Waals surface area contributed by atoms with Crippen molar-refractivity contribution >= 4 is 5.91 Å². The summed E-state index contributed by atoms with van der Waals surface area (Å²) in [5, 5.41) is 3.35. The molecule has 3 nitrogen and oxygen atoms in total. The molecule has 0 fully saturated rings. The normalized spacial score (nSPS) is 13.2. The maximum absolute atomic E-state index is 10.5. The van der Waals surface area contributed by atoms with E-state index in [1.807, 2.05) is 0 Å². The Morgan fingerprint density at radius 2 is 1.92 bits per heavy atom. The van der Waals surface area contributed by atoms with Crippen LogP contribution < -0.4 is 11.1 Å². The number of primary amides is 1. The zero-order chi connectivity index (χ0) is 10.3. The van der Waals surface area contributed by atoms with Crippen LogP contribution in [0.3, 0.4) is 0 Å². The molecule has 0 aliphatic heterocycles. The van der Waals surface area contributed by atoms with E-state index in [0.717, 1.165) is 19.4 Å². The summed E-state index contributed by atoms with van der Waals surface area (Å²) in [6.07, 6.45) is 2.55. The van der Waals surface area contributed by atoms with Gasteiger partial charge in [-0.3, -0.25) is 4.79 Å². The third-order valence-corrected chi connectivity index (χ3v) is 2.07. The van der Waals surface area contributed by atoms with Gasteiger partial charge in [-0.05, 0) is 25.3 Å². The van der Waals surface area contributed by atoms with Gasteiger partial charge in [0.2, 0.25) is 5.91 Å². The summed E-state index contributed by atoms with van der Waals surface area (Å²) < 4.78 is 0. The van der Waals surface area contributed by atoms with Gasteiger partial charge in [0.05, 0.1) is 0 Å². The molecule has 13 heavy (non-hydrogen) atoms. The first kappa shape index (κ1) is 12.4. The Hall–Kier alpha value is -0.570. The van der Waals surface area contributed by atoms with Gasteiger partial charge in [0.25, 0.3) is 0 Å². The van der Waals surface area contributed by atoms with E-state index >= 15 is 0 Å². The first-order chi connectivity index (χ1) is 6.02. The summed E-state index contributed by atoms with van der Waals surface area (Å²) in [7, 11) is 0. The molecule has 0 radical (unpaired) electrons. The molecule has 3 N–H and O–H groups in total. The van der Waals surface area contributed by atoms with Crippen LogP contribution >= 0.6 is 0 Å². The van der Waals surface area contributed by atoms with E-state index in [-0.39, 0.29) is 5.91 Å². The Bertz CT molecular complexity index is 146. The third-order valence-electron chi connectivity index (χ3n) is 2.07. The molecule has 0 saturated heterocycles. The summed E-state index contributed by atoms with van der Waals surface area (Å²) in [5.74, 6) is 0.391. The minimum atomic E-state index is -0.191. The largest absolute Gasteiger partial charge is 0.370 e. The molecule has 0 heterocycles. The summed E-state index contributed by atoms with van der Waals surface area (Å²) >= 11 is 0. The van der Waals surface area contributed by atoms with Gasteiger partial charge in [0.15, 0.2) is 0 Å². The van der Waals surface area contributed by atoms with E-state index in [2.05, 4.69) is 26.1 Å². The first-order valence-corrected chi connectivity index (χ1v) is 5.04. The van der Waals surface area contributed by atoms with Gasteiger partial charge in [-0.15, -0.1) is 0 Å². The van der Waals surface area contributed by atoms with E-state index in [1.165, 1.54) is 0 Å². The summed E-state index contributed by atoms with van der Waals surface area (Å²) in [6.45, 7) is 7.45. The molecule has 0 rings (SSSR count). The van der Waals surface area contributed by atoms with Crippen LogP contribution in [0.4, 0.5) is 0 Å². The zero-order valence-corrected chi connectivity index (χ0v) is 8.97. The van der Waals surface area contributed by atoms with Crippen molar-refractivity contribution in [2.75, 3.05) is 6.54 Å². The Morgan fingerprint density at radius 1 is 1.31 bits per heavy atom. The van der Waals surface area contributed by atoms with Crippen molar-refractivity contribution in [2.24, 2.45) is 11.7 Å². The SMILES string of the molecule is CC(C)NCC[C@@H](C)CCC(N)=O. The molecule has 0 aromatic heterocycles. The lowest BCUT2D eigenvalue weighted by Gasteiger charge is -2.12. The van der Waals surface area contributed by atoms with Gasteiger partial charge in [-0.1, -0.05) is 20.8 Å². The van der Waals surface area contributed by atoms with E-state index in [4.69, 9.17) is 5.73 Å². The lowest BCUT2D eigenvalue weighted by atomic mass is 10.0. The minimum absolute atomic E-state index is 0.191. The number of carbonyl (C=O) groups is 1. The second kappa shape index (κ2) is 6.89. The molecule has 0 aliphatic carbocycles. The molecule has 1 amide bonds. The van der Waals surface area contributed by atoms with Crippen LogP contribution in [-0.2, 0) is 4.79 Å². The van der Waals surface area contributed by atoms with E-state index < -0.39 is 0 Å². The number of nitrogens with one attached hydrogen (secondary N) is 1. The maximum Gasteiger partial charge on any atom is 0.217 e. The average molecular weight is 186 g/mol. The fraction of sp³-hybridized carbons (Fsp3) is 0.900. The van der Waals surface area contributed by atoms with E-state index in [9.17, 15) is 4.79 Å². The Kier molecular flexibility index (Phi) is 6.59. The number of nitrogens with two attached hydrogens (primary N) is 1. The standard InChI is InChI=1S/C10H22N2O/c1-8(2)12-7-6-9(3)4-5-10(11)13/h8-9,12H,4-7H2,1-3H3,(H2,11,13)/t9-/m0/s1. The van der Waals surface area contributed by atoms with Gasteiger partial charge in [0.1, 0.15) is 0 Å². The molecule has 0 spiro atoms. The second-order valence-electron chi connectivity index (χ2n) is 4.01. The van der Waals surface area contributed by atoms with Crippen molar-refractivity contribution in [3.05, 3.63) is 0 Å². The van der Waals surface area contributed by atoms with Crippen LogP contribution in [0.2, 0.25) is 0 Å². The number of hydrogen-bond acceptors (Lipinski definition) is 2. The third kappa shape index (κ3) is 9.34. The second-order valence-corrected chi connectivity index (χ2v) is 4.01. The first-order valence-electron chi connectivity index (χ1n) is 5.04. The average Bonchev–Trinajstić information content (AvgIpc) is 2.00. The molecular formula is C10H22N2O. The molecule has 3 heteroatoms. The highest BCUT2D eigenvalue weighted by Crippen LogP contribution is 2.08. The molecule has 0 saturated carbocycles. The monoisotopic (exact) mass is 186 g/mol. The van der Waals surface area contributed by atoms with Crippen LogP contribution in [0.1, 0.15) is 40.0 Å². The number of amides is 1. The van der Waals surface area contributed by atoms with E-state index in [0.29, 0.717) is 18.4 Å².